The summed E-state index contributed by atoms with van der Waals surface area (Å²) in [6, 6.07) is 13.3. The quantitative estimate of drug-likeness (QED) is 0.411. The summed E-state index contributed by atoms with van der Waals surface area (Å²) in [7, 11) is 1.71. The molecular weight excluding hydrogens is 557 g/mol. The highest BCUT2D eigenvalue weighted by Crippen LogP contribution is 2.34. The molecule has 0 radical (unpaired) electrons. The van der Waals surface area contributed by atoms with Gasteiger partial charge in [0.2, 0.25) is 0 Å². The lowest BCUT2D eigenvalue weighted by molar-refractivity contribution is -0.139. The Hall–Kier alpha value is -2.57. The maximum Gasteiger partial charge on any atom is 0.341 e. The Morgan fingerprint density at radius 3 is 2.64 bits per heavy atom. The van der Waals surface area contributed by atoms with Crippen molar-refractivity contribution in [3.05, 3.63) is 56.5 Å². The van der Waals surface area contributed by atoms with Gasteiger partial charge in [0, 0.05) is 25.8 Å². The molecule has 1 amide bonds. The number of halogens is 1. The summed E-state index contributed by atoms with van der Waals surface area (Å²) in [6.07, 6.45) is 1.80. The molecule has 0 aromatic heterocycles. The van der Waals surface area contributed by atoms with Crippen molar-refractivity contribution in [3.8, 4) is 5.75 Å². The minimum atomic E-state index is -1.03. The van der Waals surface area contributed by atoms with Crippen molar-refractivity contribution in [2.24, 2.45) is 4.99 Å². The number of aliphatic carboxylic acids is 1. The molecule has 0 atom stereocenters. The molecule has 4 rings (SSSR count). The van der Waals surface area contributed by atoms with E-state index in [0.29, 0.717) is 15.8 Å². The van der Waals surface area contributed by atoms with E-state index in [1.807, 2.05) is 30.3 Å². The van der Waals surface area contributed by atoms with Crippen LogP contribution in [0.15, 0.2) is 52.4 Å². The Bertz CT molecular complexity index is 1110. The maximum atomic E-state index is 12.7. The molecule has 0 saturated carbocycles. The first-order valence-electron chi connectivity index (χ1n) is 10.2. The number of hydrogen-bond donors (Lipinski definition) is 1. The Labute approximate surface area is 209 Å². The first-order chi connectivity index (χ1) is 15.9. The van der Waals surface area contributed by atoms with E-state index in [9.17, 15) is 9.59 Å². The van der Waals surface area contributed by atoms with Crippen molar-refractivity contribution in [3.63, 3.8) is 0 Å². The number of benzene rings is 2. The molecule has 2 saturated heterocycles. The summed E-state index contributed by atoms with van der Waals surface area (Å²) < 4.78 is 11.4. The number of carbonyl (C=O) groups excluding carboxylic acids is 1. The van der Waals surface area contributed by atoms with Gasteiger partial charge in [0.1, 0.15) is 5.75 Å². The number of morpholine rings is 1. The largest absolute Gasteiger partial charge is 0.481 e. The molecule has 0 spiro atoms. The van der Waals surface area contributed by atoms with Crippen molar-refractivity contribution < 1.29 is 24.2 Å². The molecule has 0 aliphatic carbocycles. The van der Waals surface area contributed by atoms with Gasteiger partial charge in [0.05, 0.1) is 27.4 Å². The zero-order valence-electron chi connectivity index (χ0n) is 17.9. The Morgan fingerprint density at radius 2 is 1.97 bits per heavy atom. The zero-order chi connectivity index (χ0) is 23.4. The minimum Gasteiger partial charge on any atom is -0.481 e. The number of amidine groups is 1. The number of hydrogen-bond acceptors (Lipinski definition) is 7. The van der Waals surface area contributed by atoms with E-state index in [1.165, 1.54) is 11.8 Å². The summed E-state index contributed by atoms with van der Waals surface area (Å²) in [6.45, 7) is 2.82. The highest BCUT2D eigenvalue weighted by atomic mass is 127. The van der Waals surface area contributed by atoms with Gasteiger partial charge in [-0.25, -0.2) is 9.79 Å². The van der Waals surface area contributed by atoms with Gasteiger partial charge >= 0.3 is 5.97 Å². The van der Waals surface area contributed by atoms with Crippen LogP contribution in [0.4, 0.5) is 11.4 Å². The number of rotatable bonds is 6. The third-order valence-corrected chi connectivity index (χ3v) is 6.96. The molecule has 2 aliphatic rings. The van der Waals surface area contributed by atoms with Crippen molar-refractivity contribution in [1.82, 2.24) is 4.90 Å². The molecule has 2 aliphatic heterocycles. The fourth-order valence-corrected chi connectivity index (χ4v) is 5.02. The Morgan fingerprint density at radius 1 is 1.24 bits per heavy atom. The van der Waals surface area contributed by atoms with Gasteiger partial charge in [-0.1, -0.05) is 6.07 Å². The predicted molar refractivity (Wildman–Crippen MR) is 137 cm³/mol. The molecule has 8 nitrogen and oxygen atoms in total. The number of carbonyl (C=O) groups is 2. The van der Waals surface area contributed by atoms with Gasteiger partial charge < -0.3 is 19.5 Å². The van der Waals surface area contributed by atoms with Gasteiger partial charge in [-0.15, -0.1) is 0 Å². The van der Waals surface area contributed by atoms with E-state index in [2.05, 4.69) is 32.5 Å². The molecule has 33 heavy (non-hydrogen) atoms. The summed E-state index contributed by atoms with van der Waals surface area (Å²) >= 11 is 3.41. The number of ether oxygens (including phenoxy) is 2. The van der Waals surface area contributed by atoms with Gasteiger partial charge in [-0.2, -0.15) is 0 Å². The van der Waals surface area contributed by atoms with Crippen LogP contribution in [0, 0.1) is 3.57 Å². The summed E-state index contributed by atoms with van der Waals surface area (Å²) in [4.78, 5) is 32.5. The van der Waals surface area contributed by atoms with Crippen LogP contribution in [0.2, 0.25) is 0 Å². The molecule has 2 aromatic rings. The lowest BCUT2D eigenvalue weighted by Gasteiger charge is -2.28. The highest BCUT2D eigenvalue weighted by molar-refractivity contribution is 14.1. The molecule has 2 heterocycles. The summed E-state index contributed by atoms with van der Waals surface area (Å²) in [5, 5.41) is 9.38. The SMILES string of the molecule is CN1C(=O)/C(=C/c2ccc(OCC(=O)O)c(I)c2)SC1=Nc1ccc(N2CCOCC2)cc1. The number of likely N-dealkylation sites (N-methyl/N-ethyl adjacent to an activating group) is 1. The highest BCUT2D eigenvalue weighted by Gasteiger charge is 2.30. The standard InChI is InChI=1S/C23H22IN3O5S/c1-26-22(30)20(13-15-2-7-19(18(24)12-15)32-14-21(28)29)33-23(26)25-16-3-5-17(6-4-16)27-8-10-31-11-9-27/h2-7,12-13H,8-11,14H2,1H3,(H,28,29)/b20-13-,25-23?. The predicted octanol–water partition coefficient (Wildman–Crippen LogP) is 3.83. The minimum absolute atomic E-state index is 0.120. The van der Waals surface area contributed by atoms with Crippen LogP contribution in [0.25, 0.3) is 6.08 Å². The number of amides is 1. The molecule has 0 bridgehead atoms. The average molecular weight is 579 g/mol. The molecule has 10 heteroatoms. The number of anilines is 1. The molecule has 2 aromatic carbocycles. The van der Waals surface area contributed by atoms with Crippen LogP contribution < -0.4 is 9.64 Å². The van der Waals surface area contributed by atoms with E-state index in [4.69, 9.17) is 14.6 Å². The van der Waals surface area contributed by atoms with Crippen molar-refractivity contribution in [1.29, 1.82) is 0 Å². The summed E-state index contributed by atoms with van der Waals surface area (Å²) in [5.74, 6) is -0.661. The van der Waals surface area contributed by atoms with Crippen LogP contribution in [0.5, 0.6) is 5.75 Å². The number of carboxylic acids is 1. The molecule has 172 valence electrons. The monoisotopic (exact) mass is 579 g/mol. The summed E-state index contributed by atoms with van der Waals surface area (Å²) in [5.41, 5.74) is 2.74. The smallest absolute Gasteiger partial charge is 0.341 e. The van der Waals surface area contributed by atoms with E-state index in [1.54, 1.807) is 30.2 Å². The van der Waals surface area contributed by atoms with Gasteiger partial charge in [-0.3, -0.25) is 9.69 Å². The number of nitrogens with zero attached hydrogens (tertiary/aromatic N) is 3. The molecule has 2 fully saturated rings. The van der Waals surface area contributed by atoms with E-state index in [0.717, 1.165) is 46.8 Å². The van der Waals surface area contributed by atoms with Gasteiger partial charge in [-0.05, 0) is 82.4 Å². The van der Waals surface area contributed by atoms with E-state index in [-0.39, 0.29) is 5.91 Å². The number of carboxylic acid groups (broad SMARTS) is 1. The van der Waals surface area contributed by atoms with Crippen molar-refractivity contribution >= 4 is 68.8 Å². The third kappa shape index (κ3) is 5.87. The molecular formula is C23H22IN3O5S. The second-order valence-corrected chi connectivity index (χ2v) is 9.53. The van der Waals surface area contributed by atoms with Gasteiger partial charge in [0.25, 0.3) is 5.91 Å². The average Bonchev–Trinajstić information content (AvgIpc) is 3.07. The maximum absolute atomic E-state index is 12.7. The van der Waals surface area contributed by atoms with Crippen LogP contribution >= 0.6 is 34.4 Å². The second-order valence-electron chi connectivity index (χ2n) is 7.36. The van der Waals surface area contributed by atoms with Crippen molar-refractivity contribution in [2.75, 3.05) is 44.9 Å². The lowest BCUT2D eigenvalue weighted by atomic mass is 10.2. The van der Waals surface area contributed by atoms with E-state index < -0.39 is 12.6 Å². The van der Waals surface area contributed by atoms with Crippen LogP contribution in [-0.2, 0) is 14.3 Å². The Kier molecular flexibility index (Phi) is 7.56. The third-order valence-electron chi connectivity index (χ3n) is 5.06. The topological polar surface area (TPSA) is 91.7 Å². The normalized spacial score (nSPS) is 18.9. The van der Waals surface area contributed by atoms with Crippen LogP contribution in [0.3, 0.4) is 0 Å². The van der Waals surface area contributed by atoms with Gasteiger partial charge in [0.15, 0.2) is 11.8 Å². The zero-order valence-corrected chi connectivity index (χ0v) is 20.8. The lowest BCUT2D eigenvalue weighted by Crippen LogP contribution is -2.36. The fraction of sp³-hybridized carbons (Fsp3) is 0.261. The molecule has 1 N–H and O–H groups in total. The van der Waals surface area contributed by atoms with Crippen LogP contribution in [0.1, 0.15) is 5.56 Å². The second kappa shape index (κ2) is 10.6. The number of aliphatic imine (C=N–C) groups is 1. The fourth-order valence-electron chi connectivity index (χ4n) is 3.34. The van der Waals surface area contributed by atoms with Crippen LogP contribution in [-0.4, -0.2) is 67.0 Å². The van der Waals surface area contributed by atoms with Crippen molar-refractivity contribution in [2.45, 2.75) is 0 Å². The Balaban J connectivity index is 1.47. The number of thioether (sulfide) groups is 1. The first kappa shape index (κ1) is 23.6. The van der Waals surface area contributed by atoms with E-state index >= 15 is 0 Å². The first-order valence-corrected chi connectivity index (χ1v) is 12.1. The molecule has 0 unspecified atom stereocenters.